The zero-order chi connectivity index (χ0) is 15.4. The number of carbonyl (C=O) groups excluding carboxylic acids is 1. The highest BCUT2D eigenvalue weighted by atomic mass is 35.5. The molecule has 1 fully saturated rings. The molecule has 0 radical (unpaired) electrons. The molecule has 0 aromatic heterocycles. The van der Waals surface area contributed by atoms with Gasteiger partial charge < -0.3 is 20.5 Å². The van der Waals surface area contributed by atoms with Gasteiger partial charge in [0.25, 0.3) is 0 Å². The van der Waals surface area contributed by atoms with E-state index in [1.54, 1.807) is 0 Å². The Balaban J connectivity index is 0.00000192. The van der Waals surface area contributed by atoms with Crippen molar-refractivity contribution >= 4 is 18.3 Å². The molecule has 1 aromatic carbocycles. The van der Waals surface area contributed by atoms with E-state index < -0.39 is 0 Å². The highest BCUT2D eigenvalue weighted by molar-refractivity contribution is 5.85. The molecule has 2 aliphatic heterocycles. The Labute approximate surface area is 142 Å². The fourth-order valence-electron chi connectivity index (χ4n) is 2.76. The van der Waals surface area contributed by atoms with Gasteiger partial charge in [-0.2, -0.15) is 0 Å². The summed E-state index contributed by atoms with van der Waals surface area (Å²) >= 11 is 0. The van der Waals surface area contributed by atoms with E-state index in [2.05, 4.69) is 10.2 Å². The summed E-state index contributed by atoms with van der Waals surface area (Å²) in [4.78, 5) is 14.1. The number of para-hydroxylation sites is 2. The third kappa shape index (κ3) is 4.99. The number of halogens is 1. The molecule has 1 amide bonds. The molecule has 0 aliphatic carbocycles. The molecule has 128 valence electrons. The average Bonchev–Trinajstić information content (AvgIpc) is 2.55. The highest BCUT2D eigenvalue weighted by Crippen LogP contribution is 2.30. The predicted octanol–water partition coefficient (Wildman–Crippen LogP) is 0.788. The Bertz CT molecular complexity index is 521. The fourth-order valence-corrected chi connectivity index (χ4v) is 2.76. The number of nitrogens with one attached hydrogen (secondary N) is 1. The number of likely N-dealkylation sites (tertiary alicyclic amines) is 1. The third-order valence-electron chi connectivity index (χ3n) is 4.09. The largest absolute Gasteiger partial charge is 0.486 e. The summed E-state index contributed by atoms with van der Waals surface area (Å²) < 4.78 is 11.4. The van der Waals surface area contributed by atoms with Crippen molar-refractivity contribution in [2.45, 2.75) is 25.0 Å². The molecule has 23 heavy (non-hydrogen) atoms. The van der Waals surface area contributed by atoms with Gasteiger partial charge in [0.15, 0.2) is 11.5 Å². The first-order valence-corrected chi connectivity index (χ1v) is 7.84. The summed E-state index contributed by atoms with van der Waals surface area (Å²) in [5, 5.41) is 2.92. The van der Waals surface area contributed by atoms with E-state index in [1.807, 2.05) is 24.3 Å². The minimum Gasteiger partial charge on any atom is -0.486 e. The number of benzene rings is 1. The minimum atomic E-state index is -0.145. The van der Waals surface area contributed by atoms with Crippen LogP contribution >= 0.6 is 12.4 Å². The van der Waals surface area contributed by atoms with Crippen LogP contribution < -0.4 is 20.5 Å². The normalized spacial score (nSPS) is 21.3. The number of hydrogen-bond acceptors (Lipinski definition) is 5. The summed E-state index contributed by atoms with van der Waals surface area (Å²) in [5.41, 5.74) is 5.87. The summed E-state index contributed by atoms with van der Waals surface area (Å²) in [5.74, 6) is 1.52. The lowest BCUT2D eigenvalue weighted by molar-refractivity contribution is -0.123. The van der Waals surface area contributed by atoms with Gasteiger partial charge in [-0.05, 0) is 25.0 Å². The Morgan fingerprint density at radius 1 is 1.26 bits per heavy atom. The second-order valence-corrected chi connectivity index (χ2v) is 5.92. The lowest BCUT2D eigenvalue weighted by Crippen LogP contribution is -2.47. The first kappa shape index (κ1) is 17.8. The van der Waals surface area contributed by atoms with Crippen molar-refractivity contribution < 1.29 is 14.3 Å². The molecule has 6 nitrogen and oxygen atoms in total. The minimum absolute atomic E-state index is 0. The quantitative estimate of drug-likeness (QED) is 0.846. The van der Waals surface area contributed by atoms with E-state index >= 15 is 0 Å². The molecule has 3 rings (SSSR count). The number of fused-ring (bicyclic) bond motifs is 1. The monoisotopic (exact) mass is 341 g/mol. The number of rotatable bonds is 4. The van der Waals surface area contributed by atoms with Gasteiger partial charge in [0.05, 0.1) is 13.1 Å². The van der Waals surface area contributed by atoms with Crippen LogP contribution in [0, 0.1) is 0 Å². The lowest BCUT2D eigenvalue weighted by atomic mass is 10.1. The van der Waals surface area contributed by atoms with Crippen molar-refractivity contribution in [1.29, 1.82) is 0 Å². The molecule has 1 saturated heterocycles. The number of nitrogens with two attached hydrogens (primary N) is 1. The van der Waals surface area contributed by atoms with Crippen LogP contribution in [0.15, 0.2) is 24.3 Å². The van der Waals surface area contributed by atoms with Gasteiger partial charge in [0, 0.05) is 19.1 Å². The van der Waals surface area contributed by atoms with Crippen LogP contribution in [-0.4, -0.2) is 55.7 Å². The van der Waals surface area contributed by atoms with E-state index in [0.29, 0.717) is 19.7 Å². The molecule has 3 N–H and O–H groups in total. The summed E-state index contributed by atoms with van der Waals surface area (Å²) in [7, 11) is 0. The van der Waals surface area contributed by atoms with Gasteiger partial charge in [-0.15, -0.1) is 12.4 Å². The number of ether oxygens (including phenoxy) is 2. The van der Waals surface area contributed by atoms with Crippen LogP contribution in [0.1, 0.15) is 12.8 Å². The number of piperidine rings is 1. The average molecular weight is 342 g/mol. The summed E-state index contributed by atoms with van der Waals surface area (Å²) in [6.45, 7) is 3.13. The Morgan fingerprint density at radius 3 is 2.70 bits per heavy atom. The van der Waals surface area contributed by atoms with Gasteiger partial charge in [-0.25, -0.2) is 0 Å². The van der Waals surface area contributed by atoms with Crippen LogP contribution in [-0.2, 0) is 4.79 Å². The molecular weight excluding hydrogens is 318 g/mol. The maximum absolute atomic E-state index is 12.0. The fraction of sp³-hybridized carbons (Fsp3) is 0.562. The molecule has 7 heteroatoms. The SMILES string of the molecule is Cl.NC1CCN(CC(=O)NCC2COc3ccccc3O2)CC1. The smallest absolute Gasteiger partial charge is 0.234 e. The first-order chi connectivity index (χ1) is 10.7. The third-order valence-corrected chi connectivity index (χ3v) is 4.09. The maximum atomic E-state index is 12.0. The lowest BCUT2D eigenvalue weighted by Gasteiger charge is -2.30. The van der Waals surface area contributed by atoms with E-state index in [0.717, 1.165) is 37.4 Å². The van der Waals surface area contributed by atoms with E-state index in [9.17, 15) is 4.79 Å². The molecule has 1 atom stereocenters. The number of amides is 1. The van der Waals surface area contributed by atoms with Crippen molar-refractivity contribution in [2.75, 3.05) is 32.8 Å². The van der Waals surface area contributed by atoms with Gasteiger partial charge in [-0.3, -0.25) is 9.69 Å². The van der Waals surface area contributed by atoms with E-state index in [1.165, 1.54) is 0 Å². The summed E-state index contributed by atoms with van der Waals surface area (Å²) in [6.07, 6.45) is 1.78. The van der Waals surface area contributed by atoms with Crippen molar-refractivity contribution in [1.82, 2.24) is 10.2 Å². The van der Waals surface area contributed by atoms with Gasteiger partial charge in [0.2, 0.25) is 5.91 Å². The Morgan fingerprint density at radius 2 is 1.96 bits per heavy atom. The number of nitrogens with zero attached hydrogens (tertiary/aromatic N) is 1. The second kappa shape index (κ2) is 8.38. The molecule has 1 unspecified atom stereocenters. The molecule has 2 aliphatic rings. The second-order valence-electron chi connectivity index (χ2n) is 5.92. The molecule has 0 bridgehead atoms. The Kier molecular flexibility index (Phi) is 6.50. The zero-order valence-corrected chi connectivity index (χ0v) is 13.9. The summed E-state index contributed by atoms with van der Waals surface area (Å²) in [6, 6.07) is 7.86. The van der Waals surface area contributed by atoms with Crippen LogP contribution in [0.3, 0.4) is 0 Å². The van der Waals surface area contributed by atoms with Crippen LogP contribution in [0.25, 0.3) is 0 Å². The standard InChI is InChI=1S/C16H23N3O3.ClH/c17-12-5-7-19(8-6-12)10-16(20)18-9-13-11-21-14-3-1-2-4-15(14)22-13;/h1-4,12-13H,5-11,17H2,(H,18,20);1H. The van der Waals surface area contributed by atoms with Crippen LogP contribution in [0.5, 0.6) is 11.5 Å². The van der Waals surface area contributed by atoms with Gasteiger partial charge in [0.1, 0.15) is 12.7 Å². The highest BCUT2D eigenvalue weighted by Gasteiger charge is 2.22. The molecule has 0 spiro atoms. The van der Waals surface area contributed by atoms with Crippen molar-refractivity contribution in [3.8, 4) is 11.5 Å². The molecule has 0 saturated carbocycles. The first-order valence-electron chi connectivity index (χ1n) is 7.84. The molecule has 1 aromatic rings. The maximum Gasteiger partial charge on any atom is 0.234 e. The zero-order valence-electron chi connectivity index (χ0n) is 13.1. The number of carbonyl (C=O) groups is 1. The molecular formula is C16H24ClN3O3. The van der Waals surface area contributed by atoms with Gasteiger partial charge in [-0.1, -0.05) is 12.1 Å². The number of hydrogen-bond donors (Lipinski definition) is 2. The van der Waals surface area contributed by atoms with Crippen molar-refractivity contribution in [2.24, 2.45) is 5.73 Å². The van der Waals surface area contributed by atoms with Crippen molar-refractivity contribution in [3.05, 3.63) is 24.3 Å². The van der Waals surface area contributed by atoms with Crippen LogP contribution in [0.2, 0.25) is 0 Å². The van der Waals surface area contributed by atoms with Crippen molar-refractivity contribution in [3.63, 3.8) is 0 Å². The molecule has 2 heterocycles. The predicted molar refractivity (Wildman–Crippen MR) is 90.3 cm³/mol. The van der Waals surface area contributed by atoms with E-state index in [-0.39, 0.29) is 30.5 Å². The van der Waals surface area contributed by atoms with Gasteiger partial charge >= 0.3 is 0 Å². The Hall–Kier alpha value is -1.50. The topological polar surface area (TPSA) is 76.8 Å². The van der Waals surface area contributed by atoms with E-state index in [4.69, 9.17) is 15.2 Å². The van der Waals surface area contributed by atoms with Crippen LogP contribution in [0.4, 0.5) is 0 Å².